The van der Waals surface area contributed by atoms with Gasteiger partial charge in [-0.1, -0.05) is 35.9 Å². The predicted octanol–water partition coefficient (Wildman–Crippen LogP) is 3.47. The largest absolute Gasteiger partial charge is 0.484 e. The van der Waals surface area contributed by atoms with Crippen molar-refractivity contribution < 1.29 is 19.1 Å². The third kappa shape index (κ3) is 7.14. The van der Waals surface area contributed by atoms with Gasteiger partial charge in [-0.25, -0.2) is 4.79 Å². The molecule has 2 aromatic carbocycles. The number of hydrogen-bond acceptors (Lipinski definition) is 4. The topological polar surface area (TPSA) is 76.7 Å². The van der Waals surface area contributed by atoms with Crippen LogP contribution in [0.4, 0.5) is 10.5 Å². The van der Waals surface area contributed by atoms with Crippen LogP contribution in [-0.4, -0.2) is 31.3 Å². The quantitative estimate of drug-likeness (QED) is 0.790. The molecular weight excluding hydrogens is 344 g/mol. The van der Waals surface area contributed by atoms with E-state index in [9.17, 15) is 9.59 Å². The summed E-state index contributed by atoms with van der Waals surface area (Å²) in [4.78, 5) is 23.5. The van der Waals surface area contributed by atoms with E-state index in [1.54, 1.807) is 43.3 Å². The summed E-state index contributed by atoms with van der Waals surface area (Å²) in [6.07, 6.45) is -1.12. The molecule has 0 aliphatic heterocycles. The number of anilines is 1. The van der Waals surface area contributed by atoms with Crippen LogP contribution in [0.1, 0.15) is 6.92 Å². The highest BCUT2D eigenvalue weighted by Crippen LogP contribution is 2.15. The molecule has 0 unspecified atom stereocenters. The lowest BCUT2D eigenvalue weighted by molar-refractivity contribution is -0.123. The molecule has 0 fully saturated rings. The van der Waals surface area contributed by atoms with E-state index in [0.717, 1.165) is 0 Å². The van der Waals surface area contributed by atoms with E-state index in [4.69, 9.17) is 21.1 Å². The fraction of sp³-hybridized carbons (Fsp3) is 0.222. The number of rotatable bonds is 7. The molecule has 2 rings (SSSR count). The summed E-state index contributed by atoms with van der Waals surface area (Å²) in [7, 11) is 0. The molecule has 25 heavy (non-hydrogen) atoms. The molecule has 0 aliphatic carbocycles. The molecule has 132 valence electrons. The van der Waals surface area contributed by atoms with E-state index in [-0.39, 0.29) is 19.1 Å². The molecule has 0 saturated carbocycles. The number of carbonyl (C=O) groups is 2. The third-order valence-corrected chi connectivity index (χ3v) is 3.31. The normalized spacial score (nSPS) is 11.3. The van der Waals surface area contributed by atoms with E-state index < -0.39 is 12.2 Å². The highest BCUT2D eigenvalue weighted by molar-refractivity contribution is 6.30. The first-order valence-electron chi connectivity index (χ1n) is 7.70. The number of halogens is 1. The second kappa shape index (κ2) is 9.54. The van der Waals surface area contributed by atoms with Crippen LogP contribution < -0.4 is 15.4 Å². The lowest BCUT2D eigenvalue weighted by Gasteiger charge is -2.15. The van der Waals surface area contributed by atoms with Crippen LogP contribution in [0.15, 0.2) is 54.6 Å². The Balaban J connectivity index is 1.66. The number of para-hydroxylation sites is 1. The number of carbonyl (C=O) groups excluding carboxylic acids is 2. The van der Waals surface area contributed by atoms with Gasteiger partial charge in [0.15, 0.2) is 6.61 Å². The van der Waals surface area contributed by atoms with E-state index in [1.807, 2.05) is 18.2 Å². The summed E-state index contributed by atoms with van der Waals surface area (Å²) in [6, 6.07) is 15.8. The molecule has 0 aliphatic rings. The molecule has 6 nitrogen and oxygen atoms in total. The minimum absolute atomic E-state index is 0.106. The molecule has 0 spiro atoms. The monoisotopic (exact) mass is 362 g/mol. The maximum Gasteiger partial charge on any atom is 0.411 e. The van der Waals surface area contributed by atoms with Gasteiger partial charge < -0.3 is 14.8 Å². The summed E-state index contributed by atoms with van der Waals surface area (Å²) < 4.78 is 10.5. The van der Waals surface area contributed by atoms with Crippen LogP contribution >= 0.6 is 11.6 Å². The number of nitrogens with one attached hydrogen (secondary N) is 2. The second-order valence-electron chi connectivity index (χ2n) is 5.26. The number of hydrogen-bond donors (Lipinski definition) is 2. The van der Waals surface area contributed by atoms with E-state index >= 15 is 0 Å². The van der Waals surface area contributed by atoms with E-state index in [0.29, 0.717) is 16.5 Å². The number of ether oxygens (including phenoxy) is 2. The van der Waals surface area contributed by atoms with Gasteiger partial charge >= 0.3 is 6.09 Å². The highest BCUT2D eigenvalue weighted by atomic mass is 35.5. The van der Waals surface area contributed by atoms with Crippen LogP contribution in [-0.2, 0) is 9.53 Å². The van der Waals surface area contributed by atoms with Gasteiger partial charge in [0.25, 0.3) is 5.91 Å². The Labute approximate surface area is 151 Å². The molecular formula is C18H19ClN2O4. The Morgan fingerprint density at radius 1 is 1.12 bits per heavy atom. The van der Waals surface area contributed by atoms with Gasteiger partial charge in [-0.05, 0) is 37.3 Å². The first-order chi connectivity index (χ1) is 12.0. The molecule has 0 heterocycles. The average molecular weight is 363 g/mol. The van der Waals surface area contributed by atoms with E-state index in [1.165, 1.54) is 0 Å². The fourth-order valence-electron chi connectivity index (χ4n) is 1.91. The van der Waals surface area contributed by atoms with Gasteiger partial charge in [0, 0.05) is 10.7 Å². The highest BCUT2D eigenvalue weighted by Gasteiger charge is 2.11. The molecule has 0 saturated heterocycles. The molecule has 0 aromatic heterocycles. The SMILES string of the molecule is C[C@H](CNC(=O)COc1ccccc1)OC(=O)Nc1cccc(Cl)c1. The van der Waals surface area contributed by atoms with Crippen molar-refractivity contribution in [3.63, 3.8) is 0 Å². The van der Waals surface area contributed by atoms with Gasteiger partial charge in [0.1, 0.15) is 11.9 Å². The molecule has 2 aromatic rings. The summed E-state index contributed by atoms with van der Waals surface area (Å²) in [5, 5.41) is 5.72. The molecule has 0 radical (unpaired) electrons. The second-order valence-corrected chi connectivity index (χ2v) is 5.69. The Hall–Kier alpha value is -2.73. The van der Waals surface area contributed by atoms with Gasteiger partial charge in [0.2, 0.25) is 0 Å². The van der Waals surface area contributed by atoms with Crippen LogP contribution in [0.3, 0.4) is 0 Å². The van der Waals surface area contributed by atoms with Gasteiger partial charge in [-0.15, -0.1) is 0 Å². The smallest absolute Gasteiger partial charge is 0.411 e. The Morgan fingerprint density at radius 2 is 1.88 bits per heavy atom. The number of benzene rings is 2. The van der Waals surface area contributed by atoms with Crippen LogP contribution in [0.2, 0.25) is 5.02 Å². The zero-order valence-electron chi connectivity index (χ0n) is 13.7. The maximum absolute atomic E-state index is 11.8. The molecule has 1 atom stereocenters. The van der Waals surface area contributed by atoms with Gasteiger partial charge in [-0.2, -0.15) is 0 Å². The molecule has 7 heteroatoms. The summed E-state index contributed by atoms with van der Waals surface area (Å²) in [6.45, 7) is 1.75. The summed E-state index contributed by atoms with van der Waals surface area (Å²) >= 11 is 5.84. The predicted molar refractivity (Wildman–Crippen MR) is 96.0 cm³/mol. The van der Waals surface area contributed by atoms with Crippen molar-refractivity contribution in [2.75, 3.05) is 18.5 Å². The van der Waals surface area contributed by atoms with Crippen molar-refractivity contribution in [3.05, 3.63) is 59.6 Å². The third-order valence-electron chi connectivity index (χ3n) is 3.08. The van der Waals surface area contributed by atoms with Crippen molar-refractivity contribution in [3.8, 4) is 5.75 Å². The standard InChI is InChI=1S/C18H19ClN2O4/c1-13(25-18(23)21-15-7-5-6-14(19)10-15)11-20-17(22)12-24-16-8-3-2-4-9-16/h2-10,13H,11-12H2,1H3,(H,20,22)(H,21,23)/t13-/m1/s1. The summed E-state index contributed by atoms with van der Waals surface area (Å²) in [5.41, 5.74) is 0.532. The fourth-order valence-corrected chi connectivity index (χ4v) is 2.10. The van der Waals surface area contributed by atoms with Gasteiger partial charge in [-0.3, -0.25) is 10.1 Å². The minimum Gasteiger partial charge on any atom is -0.484 e. The van der Waals surface area contributed by atoms with Crippen LogP contribution in [0.5, 0.6) is 5.75 Å². The lowest BCUT2D eigenvalue weighted by Crippen LogP contribution is -2.36. The van der Waals surface area contributed by atoms with Crippen molar-refractivity contribution in [2.45, 2.75) is 13.0 Å². The molecule has 0 bridgehead atoms. The Kier molecular flexibility index (Phi) is 7.10. The van der Waals surface area contributed by atoms with E-state index in [2.05, 4.69) is 10.6 Å². The summed E-state index contributed by atoms with van der Waals surface area (Å²) in [5.74, 6) is 0.317. The average Bonchev–Trinajstić information content (AvgIpc) is 2.59. The van der Waals surface area contributed by atoms with Crippen molar-refractivity contribution >= 4 is 29.3 Å². The van der Waals surface area contributed by atoms with Gasteiger partial charge in [0.05, 0.1) is 6.54 Å². The Morgan fingerprint density at radius 3 is 2.60 bits per heavy atom. The maximum atomic E-state index is 11.8. The number of amides is 2. The zero-order valence-corrected chi connectivity index (χ0v) is 14.5. The zero-order chi connectivity index (χ0) is 18.1. The van der Waals surface area contributed by atoms with Crippen molar-refractivity contribution in [1.82, 2.24) is 5.32 Å². The van der Waals surface area contributed by atoms with Crippen molar-refractivity contribution in [2.24, 2.45) is 0 Å². The van der Waals surface area contributed by atoms with Crippen LogP contribution in [0, 0.1) is 0 Å². The molecule has 2 N–H and O–H groups in total. The first-order valence-corrected chi connectivity index (χ1v) is 8.08. The molecule has 2 amide bonds. The first kappa shape index (κ1) is 18.6. The lowest BCUT2D eigenvalue weighted by atomic mass is 10.3. The minimum atomic E-state index is -0.621. The van der Waals surface area contributed by atoms with Crippen molar-refractivity contribution in [1.29, 1.82) is 0 Å². The Bertz CT molecular complexity index is 709. The van der Waals surface area contributed by atoms with Crippen LogP contribution in [0.25, 0.3) is 0 Å².